The van der Waals surface area contributed by atoms with Crippen LogP contribution in [0.4, 0.5) is 0 Å². The molecule has 92 valence electrons. The Morgan fingerprint density at radius 2 is 1.76 bits per heavy atom. The molecule has 0 bridgehead atoms. The molecule has 2 atom stereocenters. The zero-order chi connectivity index (χ0) is 12.7. The van der Waals surface area contributed by atoms with E-state index >= 15 is 0 Å². The van der Waals surface area contributed by atoms with Crippen molar-refractivity contribution in [3.63, 3.8) is 0 Å². The van der Waals surface area contributed by atoms with Crippen molar-refractivity contribution in [3.8, 4) is 11.8 Å². The highest BCUT2D eigenvalue weighted by Gasteiger charge is 2.04. The van der Waals surface area contributed by atoms with Gasteiger partial charge in [-0.1, -0.05) is 56.0 Å². The molecule has 0 amide bonds. The lowest BCUT2D eigenvalue weighted by Gasteiger charge is -2.09. The average molecular weight is 232 g/mol. The molecule has 0 spiro atoms. The van der Waals surface area contributed by atoms with Crippen molar-refractivity contribution in [1.29, 1.82) is 0 Å². The van der Waals surface area contributed by atoms with Crippen molar-refractivity contribution in [2.75, 3.05) is 0 Å². The van der Waals surface area contributed by atoms with Gasteiger partial charge in [-0.25, -0.2) is 0 Å². The third kappa shape index (κ3) is 5.53. The molecule has 1 N–H and O–H groups in total. The average Bonchev–Trinajstić information content (AvgIpc) is 2.34. The van der Waals surface area contributed by atoms with Gasteiger partial charge in [0.2, 0.25) is 0 Å². The summed E-state index contributed by atoms with van der Waals surface area (Å²) in [4.78, 5) is 0. The summed E-state index contributed by atoms with van der Waals surface area (Å²) < 4.78 is 5.57. The highest BCUT2D eigenvalue weighted by molar-refractivity contribution is 5.14. The topological polar surface area (TPSA) is 29.5 Å². The Labute approximate surface area is 104 Å². The van der Waals surface area contributed by atoms with Gasteiger partial charge >= 0.3 is 0 Å². The molecule has 0 aliphatic carbocycles. The summed E-state index contributed by atoms with van der Waals surface area (Å²) >= 11 is 0. The molecule has 0 heterocycles. The van der Waals surface area contributed by atoms with Crippen molar-refractivity contribution in [1.82, 2.24) is 0 Å². The zero-order valence-corrected chi connectivity index (χ0v) is 10.7. The van der Waals surface area contributed by atoms with Gasteiger partial charge in [-0.15, -0.1) is 0 Å². The van der Waals surface area contributed by atoms with E-state index in [9.17, 15) is 5.11 Å². The van der Waals surface area contributed by atoms with E-state index in [1.54, 1.807) is 0 Å². The van der Waals surface area contributed by atoms with Crippen molar-refractivity contribution in [2.24, 2.45) is 5.92 Å². The highest BCUT2D eigenvalue weighted by atomic mass is 16.5. The van der Waals surface area contributed by atoms with E-state index in [0.717, 1.165) is 5.56 Å². The number of aliphatic hydroxyl groups is 1. The molecule has 0 saturated heterocycles. The maximum absolute atomic E-state index is 9.53. The van der Waals surface area contributed by atoms with Crippen molar-refractivity contribution in [3.05, 3.63) is 35.9 Å². The molecule has 0 saturated carbocycles. The lowest BCUT2D eigenvalue weighted by molar-refractivity contribution is 0.0894. The molecular formula is C15H20O2. The normalized spacial score (nSPS) is 13.9. The van der Waals surface area contributed by atoms with Crippen LogP contribution in [0.5, 0.6) is 0 Å². The minimum Gasteiger partial charge on any atom is -0.380 e. The molecule has 2 nitrogen and oxygen atoms in total. The van der Waals surface area contributed by atoms with Crippen LogP contribution >= 0.6 is 0 Å². The maximum Gasteiger partial charge on any atom is 0.117 e. The van der Waals surface area contributed by atoms with E-state index in [4.69, 9.17) is 4.74 Å². The second-order valence-corrected chi connectivity index (χ2v) is 4.42. The Morgan fingerprint density at radius 1 is 1.12 bits per heavy atom. The van der Waals surface area contributed by atoms with Gasteiger partial charge in [-0.3, -0.25) is 0 Å². The van der Waals surface area contributed by atoms with Gasteiger partial charge in [0.25, 0.3) is 0 Å². The summed E-state index contributed by atoms with van der Waals surface area (Å²) in [5, 5.41) is 9.53. The van der Waals surface area contributed by atoms with E-state index in [0.29, 0.717) is 6.61 Å². The Morgan fingerprint density at radius 3 is 2.35 bits per heavy atom. The summed E-state index contributed by atoms with van der Waals surface area (Å²) in [5.41, 5.74) is 1.13. The number of rotatable bonds is 4. The monoisotopic (exact) mass is 232 g/mol. The summed E-state index contributed by atoms with van der Waals surface area (Å²) in [6.07, 6.45) is -0.735. The van der Waals surface area contributed by atoms with Gasteiger partial charge in [-0.05, 0) is 18.4 Å². The van der Waals surface area contributed by atoms with Crippen LogP contribution in [-0.4, -0.2) is 17.3 Å². The lowest BCUT2D eigenvalue weighted by atomic mass is 10.1. The first-order valence-corrected chi connectivity index (χ1v) is 5.94. The summed E-state index contributed by atoms with van der Waals surface area (Å²) in [5.74, 6) is 5.87. The zero-order valence-electron chi connectivity index (χ0n) is 10.7. The second-order valence-electron chi connectivity index (χ2n) is 4.42. The van der Waals surface area contributed by atoms with E-state index < -0.39 is 6.10 Å². The van der Waals surface area contributed by atoms with Crippen molar-refractivity contribution >= 4 is 0 Å². The highest BCUT2D eigenvalue weighted by Crippen LogP contribution is 2.03. The summed E-state index contributed by atoms with van der Waals surface area (Å²) in [6, 6.07) is 9.98. The van der Waals surface area contributed by atoms with Crippen LogP contribution in [0.3, 0.4) is 0 Å². The smallest absolute Gasteiger partial charge is 0.117 e. The van der Waals surface area contributed by atoms with Crippen LogP contribution in [0.15, 0.2) is 30.3 Å². The number of hydrogen-bond acceptors (Lipinski definition) is 2. The number of aliphatic hydroxyl groups excluding tert-OH is 1. The summed E-state index contributed by atoms with van der Waals surface area (Å²) in [7, 11) is 0. The van der Waals surface area contributed by atoms with Gasteiger partial charge < -0.3 is 9.84 Å². The largest absolute Gasteiger partial charge is 0.380 e. The van der Waals surface area contributed by atoms with Gasteiger partial charge in [-0.2, -0.15) is 0 Å². The van der Waals surface area contributed by atoms with Crippen LogP contribution in [0.2, 0.25) is 0 Å². The van der Waals surface area contributed by atoms with E-state index in [1.165, 1.54) is 0 Å². The molecule has 0 aromatic heterocycles. The van der Waals surface area contributed by atoms with Gasteiger partial charge in [0.1, 0.15) is 12.2 Å². The van der Waals surface area contributed by atoms with E-state index in [2.05, 4.69) is 11.8 Å². The molecular weight excluding hydrogens is 212 g/mol. The minimum atomic E-state index is -0.572. The third-order valence-electron chi connectivity index (χ3n) is 2.41. The number of ether oxygens (including phenoxy) is 1. The molecule has 1 rings (SSSR count). The Hall–Kier alpha value is -1.30. The SMILES string of the molecule is CC(C)[C@@H](O)C#C[C@H](C)OCc1ccccc1. The quantitative estimate of drug-likeness (QED) is 0.809. The molecule has 17 heavy (non-hydrogen) atoms. The molecule has 0 aliphatic rings. The fourth-order valence-electron chi connectivity index (χ4n) is 1.21. The van der Waals surface area contributed by atoms with Gasteiger partial charge in [0.15, 0.2) is 0 Å². The first kappa shape index (κ1) is 13.8. The fraction of sp³-hybridized carbons (Fsp3) is 0.467. The Balaban J connectivity index is 2.38. The molecule has 1 aromatic rings. The third-order valence-corrected chi connectivity index (χ3v) is 2.41. The molecule has 1 aromatic carbocycles. The first-order chi connectivity index (χ1) is 8.09. The van der Waals surface area contributed by atoms with Crippen molar-refractivity contribution < 1.29 is 9.84 Å². The lowest BCUT2D eigenvalue weighted by Crippen LogP contribution is -2.13. The molecule has 0 radical (unpaired) electrons. The second kappa shape index (κ2) is 7.11. The van der Waals surface area contributed by atoms with E-state index in [-0.39, 0.29) is 12.0 Å². The summed E-state index contributed by atoms with van der Waals surface area (Å²) in [6.45, 7) is 6.32. The predicted octanol–water partition coefficient (Wildman–Crippen LogP) is 2.61. The molecule has 2 heteroatoms. The first-order valence-electron chi connectivity index (χ1n) is 5.94. The Bertz CT molecular complexity index is 373. The van der Waals surface area contributed by atoms with Gasteiger partial charge in [0.05, 0.1) is 6.61 Å². The molecule has 0 aliphatic heterocycles. The van der Waals surface area contributed by atoms with Crippen LogP contribution in [-0.2, 0) is 11.3 Å². The van der Waals surface area contributed by atoms with E-state index in [1.807, 2.05) is 51.1 Å². The predicted molar refractivity (Wildman–Crippen MR) is 69.3 cm³/mol. The number of hydrogen-bond donors (Lipinski definition) is 1. The van der Waals surface area contributed by atoms with Crippen LogP contribution in [0, 0.1) is 17.8 Å². The Kier molecular flexibility index (Phi) is 5.76. The standard InChI is InChI=1S/C15H20O2/c1-12(2)15(16)10-9-13(3)17-11-14-7-5-4-6-8-14/h4-8,12-13,15-16H,11H2,1-3H3/t13-,15-/m0/s1. The molecule has 0 fully saturated rings. The van der Waals surface area contributed by atoms with Crippen molar-refractivity contribution in [2.45, 2.75) is 39.6 Å². The van der Waals surface area contributed by atoms with Crippen LogP contribution in [0.1, 0.15) is 26.3 Å². The molecule has 0 unspecified atom stereocenters. The number of benzene rings is 1. The minimum absolute atomic E-state index is 0.156. The van der Waals surface area contributed by atoms with Crippen LogP contribution in [0.25, 0.3) is 0 Å². The fourth-order valence-corrected chi connectivity index (χ4v) is 1.21. The van der Waals surface area contributed by atoms with Crippen LogP contribution < -0.4 is 0 Å². The maximum atomic E-state index is 9.53. The van der Waals surface area contributed by atoms with Gasteiger partial charge in [0, 0.05) is 0 Å².